The number of halogens is 1. The van der Waals surface area contributed by atoms with E-state index < -0.39 is 20.6 Å². The zero-order chi connectivity index (χ0) is 15.8. The molecule has 0 bridgehead atoms. The summed E-state index contributed by atoms with van der Waals surface area (Å²) in [7, 11) is -1.84. The van der Waals surface area contributed by atoms with Crippen molar-refractivity contribution in [1.29, 1.82) is 0 Å². The van der Waals surface area contributed by atoms with E-state index >= 15 is 0 Å². The van der Waals surface area contributed by atoms with Gasteiger partial charge in [0.2, 0.25) is 10.0 Å². The Bertz CT molecular complexity index is 664. The summed E-state index contributed by atoms with van der Waals surface area (Å²) in [5.41, 5.74) is -0.403. The van der Waals surface area contributed by atoms with E-state index in [1.165, 1.54) is 16.4 Å². The molecule has 1 aromatic rings. The third-order valence-corrected chi connectivity index (χ3v) is 5.82. The molecule has 0 N–H and O–H groups in total. The highest BCUT2D eigenvalue weighted by Crippen LogP contribution is 2.29. The number of nitrogens with zero attached hydrogens (tertiary/aromatic N) is 3. The summed E-state index contributed by atoms with van der Waals surface area (Å²) in [4.78, 5) is 12.1. The summed E-state index contributed by atoms with van der Waals surface area (Å²) >= 11 is 5.72. The average Bonchev–Trinajstić information content (AvgIpc) is 2.38. The maximum absolute atomic E-state index is 12.6. The van der Waals surface area contributed by atoms with E-state index in [-0.39, 0.29) is 16.0 Å². The van der Waals surface area contributed by atoms with E-state index in [0.717, 1.165) is 6.07 Å². The molecule has 1 heterocycles. The predicted octanol–water partition coefficient (Wildman–Crippen LogP) is 1.57. The molecule has 116 valence electrons. The zero-order valence-electron chi connectivity index (χ0n) is 11.7. The minimum atomic E-state index is -3.76. The number of hydrogen-bond acceptors (Lipinski definition) is 5. The molecule has 2 rings (SSSR count). The SMILES string of the molecule is CC1CN(C)CCN1S(=O)(=O)c1ccc(Cl)c([N+](=O)[O-])c1. The van der Waals surface area contributed by atoms with Crippen LogP contribution in [0.4, 0.5) is 5.69 Å². The Labute approximate surface area is 128 Å². The molecule has 0 aromatic heterocycles. The smallest absolute Gasteiger partial charge is 0.289 e. The van der Waals surface area contributed by atoms with Gasteiger partial charge in [-0.15, -0.1) is 0 Å². The minimum Gasteiger partial charge on any atom is -0.303 e. The highest BCUT2D eigenvalue weighted by molar-refractivity contribution is 7.89. The normalized spacial score (nSPS) is 21.4. The maximum atomic E-state index is 12.6. The van der Waals surface area contributed by atoms with Gasteiger partial charge in [0.05, 0.1) is 9.82 Å². The van der Waals surface area contributed by atoms with Crippen LogP contribution in [0, 0.1) is 10.1 Å². The topological polar surface area (TPSA) is 83.8 Å². The molecule has 0 saturated carbocycles. The van der Waals surface area contributed by atoms with E-state index in [4.69, 9.17) is 11.6 Å². The van der Waals surface area contributed by atoms with Crippen molar-refractivity contribution in [2.24, 2.45) is 0 Å². The van der Waals surface area contributed by atoms with Crippen LogP contribution < -0.4 is 0 Å². The van der Waals surface area contributed by atoms with Gasteiger partial charge in [0.15, 0.2) is 0 Å². The molecule has 0 radical (unpaired) electrons. The van der Waals surface area contributed by atoms with Crippen LogP contribution in [0.25, 0.3) is 0 Å². The number of nitro groups is 1. The Morgan fingerprint density at radius 1 is 1.38 bits per heavy atom. The highest BCUT2D eigenvalue weighted by atomic mass is 35.5. The van der Waals surface area contributed by atoms with Crippen LogP contribution in [0.2, 0.25) is 5.02 Å². The molecule has 0 aliphatic carbocycles. The van der Waals surface area contributed by atoms with Crippen LogP contribution in [-0.2, 0) is 10.0 Å². The molecule has 1 atom stereocenters. The fourth-order valence-electron chi connectivity index (χ4n) is 2.41. The van der Waals surface area contributed by atoms with Gasteiger partial charge >= 0.3 is 0 Å². The first kappa shape index (κ1) is 16.2. The van der Waals surface area contributed by atoms with Gasteiger partial charge in [0.1, 0.15) is 5.02 Å². The molecule has 0 amide bonds. The standard InChI is InChI=1S/C12H16ClN3O4S/c1-9-8-14(2)5-6-15(9)21(19,20)10-3-4-11(13)12(7-10)16(17)18/h3-4,7,9H,5-6,8H2,1-2H3. The lowest BCUT2D eigenvalue weighted by Crippen LogP contribution is -2.52. The predicted molar refractivity (Wildman–Crippen MR) is 79.0 cm³/mol. The Morgan fingerprint density at radius 3 is 2.62 bits per heavy atom. The summed E-state index contributed by atoms with van der Waals surface area (Å²) in [6.07, 6.45) is 0. The fraction of sp³-hybridized carbons (Fsp3) is 0.500. The summed E-state index contributed by atoms with van der Waals surface area (Å²) in [5.74, 6) is 0. The summed E-state index contributed by atoms with van der Waals surface area (Å²) < 4.78 is 26.6. The van der Waals surface area contributed by atoms with Crippen molar-refractivity contribution in [3.63, 3.8) is 0 Å². The maximum Gasteiger partial charge on any atom is 0.289 e. The summed E-state index contributed by atoms with van der Waals surface area (Å²) in [6.45, 7) is 3.42. The lowest BCUT2D eigenvalue weighted by atomic mass is 10.2. The lowest BCUT2D eigenvalue weighted by Gasteiger charge is -2.37. The highest BCUT2D eigenvalue weighted by Gasteiger charge is 2.33. The molecule has 1 fully saturated rings. The van der Waals surface area contributed by atoms with Crippen molar-refractivity contribution in [3.05, 3.63) is 33.3 Å². The van der Waals surface area contributed by atoms with E-state index in [1.807, 2.05) is 18.9 Å². The molecule has 21 heavy (non-hydrogen) atoms. The number of nitro benzene ring substituents is 1. The molecule has 1 saturated heterocycles. The third-order valence-electron chi connectivity index (χ3n) is 3.49. The first-order valence-corrected chi connectivity index (χ1v) is 8.19. The van der Waals surface area contributed by atoms with Crippen LogP contribution in [0.5, 0.6) is 0 Å². The molecule has 1 unspecified atom stereocenters. The molecule has 9 heteroatoms. The molecule has 0 spiro atoms. The van der Waals surface area contributed by atoms with Gasteiger partial charge in [-0.1, -0.05) is 11.6 Å². The van der Waals surface area contributed by atoms with Crippen molar-refractivity contribution in [1.82, 2.24) is 9.21 Å². The van der Waals surface area contributed by atoms with Gasteiger partial charge in [-0.25, -0.2) is 8.42 Å². The lowest BCUT2D eigenvalue weighted by molar-refractivity contribution is -0.384. The van der Waals surface area contributed by atoms with Crippen LogP contribution >= 0.6 is 11.6 Å². The average molecular weight is 334 g/mol. The third kappa shape index (κ3) is 3.18. The number of likely N-dealkylation sites (N-methyl/N-ethyl adjacent to an activating group) is 1. The summed E-state index contributed by atoms with van der Waals surface area (Å²) in [6, 6.07) is 3.37. The van der Waals surface area contributed by atoms with Gasteiger partial charge in [-0.05, 0) is 26.1 Å². The first-order valence-electron chi connectivity index (χ1n) is 6.38. The van der Waals surface area contributed by atoms with E-state index in [2.05, 4.69) is 0 Å². The molecule has 1 aromatic carbocycles. The molecular weight excluding hydrogens is 318 g/mol. The van der Waals surface area contributed by atoms with Gasteiger partial charge in [0.25, 0.3) is 5.69 Å². The van der Waals surface area contributed by atoms with Crippen molar-refractivity contribution >= 4 is 27.3 Å². The monoisotopic (exact) mass is 333 g/mol. The van der Waals surface area contributed by atoms with Crippen molar-refractivity contribution in [2.75, 3.05) is 26.7 Å². The van der Waals surface area contributed by atoms with E-state index in [9.17, 15) is 18.5 Å². The number of benzene rings is 1. The molecule has 7 nitrogen and oxygen atoms in total. The van der Waals surface area contributed by atoms with Gasteiger partial charge < -0.3 is 4.90 Å². The Kier molecular flexibility index (Phi) is 4.52. The van der Waals surface area contributed by atoms with Gasteiger partial charge in [-0.3, -0.25) is 10.1 Å². The number of rotatable bonds is 3. The molecule has 1 aliphatic heterocycles. The second-order valence-corrected chi connectivity index (χ2v) is 7.40. The zero-order valence-corrected chi connectivity index (χ0v) is 13.3. The second-order valence-electron chi connectivity index (χ2n) is 5.10. The minimum absolute atomic E-state index is 0.0784. The molecule has 1 aliphatic rings. The van der Waals surface area contributed by atoms with E-state index in [1.54, 1.807) is 0 Å². The first-order chi connectivity index (χ1) is 9.73. The summed E-state index contributed by atoms with van der Waals surface area (Å²) in [5, 5.41) is 10.8. The van der Waals surface area contributed by atoms with Gasteiger partial charge in [0, 0.05) is 31.7 Å². The Balaban J connectivity index is 2.40. The van der Waals surface area contributed by atoms with Crippen molar-refractivity contribution < 1.29 is 13.3 Å². The van der Waals surface area contributed by atoms with Gasteiger partial charge in [-0.2, -0.15) is 4.31 Å². The fourth-order valence-corrected chi connectivity index (χ4v) is 4.23. The van der Waals surface area contributed by atoms with Crippen LogP contribution in [0.15, 0.2) is 23.1 Å². The largest absolute Gasteiger partial charge is 0.303 e. The van der Waals surface area contributed by atoms with Crippen LogP contribution in [0.3, 0.4) is 0 Å². The second kappa shape index (κ2) is 5.88. The quantitative estimate of drug-likeness (QED) is 0.619. The van der Waals surface area contributed by atoms with Crippen LogP contribution in [-0.4, -0.2) is 55.3 Å². The number of piperazine rings is 1. The Hall–Kier alpha value is -1.22. The van der Waals surface area contributed by atoms with Crippen molar-refractivity contribution in [2.45, 2.75) is 17.9 Å². The van der Waals surface area contributed by atoms with Crippen LogP contribution in [0.1, 0.15) is 6.92 Å². The number of hydrogen-bond donors (Lipinski definition) is 0. The van der Waals surface area contributed by atoms with E-state index in [0.29, 0.717) is 19.6 Å². The van der Waals surface area contributed by atoms with Crippen molar-refractivity contribution in [3.8, 4) is 0 Å². The molecular formula is C12H16ClN3O4S. The number of sulfonamides is 1. The Morgan fingerprint density at radius 2 is 2.05 bits per heavy atom.